The quantitative estimate of drug-likeness (QED) is 0.824. The molecule has 0 radical (unpaired) electrons. The first-order valence-corrected chi connectivity index (χ1v) is 6.73. The number of rotatable bonds is 6. The van der Waals surface area contributed by atoms with E-state index in [4.69, 9.17) is 11.6 Å². The van der Waals surface area contributed by atoms with Crippen LogP contribution in [0.4, 0.5) is 4.39 Å². The Morgan fingerprint density at radius 1 is 1.42 bits per heavy atom. The summed E-state index contributed by atoms with van der Waals surface area (Å²) in [6.07, 6.45) is 4.92. The zero-order chi connectivity index (χ0) is 13.7. The van der Waals surface area contributed by atoms with Crippen LogP contribution in [-0.2, 0) is 13.1 Å². The van der Waals surface area contributed by atoms with E-state index >= 15 is 0 Å². The third-order valence-corrected chi connectivity index (χ3v) is 3.14. The van der Waals surface area contributed by atoms with Gasteiger partial charge in [0.2, 0.25) is 0 Å². The fraction of sp³-hybridized carbons (Fsp3) is 0.357. The van der Waals surface area contributed by atoms with E-state index in [2.05, 4.69) is 17.3 Å². The molecule has 0 saturated carbocycles. The molecular formula is C14H17ClFN3. The first kappa shape index (κ1) is 14.0. The molecule has 3 nitrogen and oxygen atoms in total. The molecule has 0 aliphatic carbocycles. The second kappa shape index (κ2) is 6.68. The standard InChI is InChI=1S/C14H17ClFN3/c1-2-5-17-7-11-8-18-19(9-11)10-12-3-4-13(16)6-14(12)15/h3-4,6,8-9,17H,2,5,7,10H2,1H3. The molecule has 0 fully saturated rings. The average Bonchev–Trinajstić information content (AvgIpc) is 2.81. The zero-order valence-electron chi connectivity index (χ0n) is 10.9. The topological polar surface area (TPSA) is 29.9 Å². The highest BCUT2D eigenvalue weighted by molar-refractivity contribution is 6.31. The number of aromatic nitrogens is 2. The number of benzene rings is 1. The van der Waals surface area contributed by atoms with Gasteiger partial charge in [-0.05, 0) is 30.7 Å². The maximum Gasteiger partial charge on any atom is 0.124 e. The van der Waals surface area contributed by atoms with E-state index in [1.807, 2.05) is 17.1 Å². The van der Waals surface area contributed by atoms with Crippen LogP contribution in [0.3, 0.4) is 0 Å². The van der Waals surface area contributed by atoms with Crippen LogP contribution in [0, 0.1) is 5.82 Å². The SMILES string of the molecule is CCCNCc1cnn(Cc2ccc(F)cc2Cl)c1. The molecule has 1 aromatic heterocycles. The lowest BCUT2D eigenvalue weighted by Crippen LogP contribution is -2.13. The number of hydrogen-bond donors (Lipinski definition) is 1. The summed E-state index contributed by atoms with van der Waals surface area (Å²) in [5, 5.41) is 8.03. The van der Waals surface area contributed by atoms with Crippen LogP contribution in [0.5, 0.6) is 0 Å². The minimum absolute atomic E-state index is 0.321. The summed E-state index contributed by atoms with van der Waals surface area (Å²) in [6, 6.07) is 4.42. The van der Waals surface area contributed by atoms with Gasteiger partial charge in [-0.2, -0.15) is 5.10 Å². The predicted octanol–water partition coefficient (Wildman–Crippen LogP) is 3.22. The lowest BCUT2D eigenvalue weighted by Gasteiger charge is -2.04. The van der Waals surface area contributed by atoms with E-state index in [1.165, 1.54) is 12.1 Å². The summed E-state index contributed by atoms with van der Waals surface area (Å²) in [5.74, 6) is -0.321. The Hall–Kier alpha value is -1.39. The van der Waals surface area contributed by atoms with Crippen LogP contribution in [0.15, 0.2) is 30.6 Å². The zero-order valence-corrected chi connectivity index (χ0v) is 11.6. The van der Waals surface area contributed by atoms with Crippen molar-refractivity contribution < 1.29 is 4.39 Å². The van der Waals surface area contributed by atoms with Crippen LogP contribution >= 0.6 is 11.6 Å². The molecule has 19 heavy (non-hydrogen) atoms. The van der Waals surface area contributed by atoms with E-state index in [9.17, 15) is 4.39 Å². The maximum absolute atomic E-state index is 12.9. The van der Waals surface area contributed by atoms with Gasteiger partial charge in [0.25, 0.3) is 0 Å². The van der Waals surface area contributed by atoms with Crippen molar-refractivity contribution in [2.45, 2.75) is 26.4 Å². The van der Waals surface area contributed by atoms with Crippen LogP contribution < -0.4 is 5.32 Å². The molecule has 1 heterocycles. The first-order chi connectivity index (χ1) is 9.19. The molecule has 0 aliphatic rings. The van der Waals surface area contributed by atoms with Gasteiger partial charge in [0, 0.05) is 23.3 Å². The molecule has 0 spiro atoms. The Morgan fingerprint density at radius 2 is 2.26 bits per heavy atom. The molecule has 0 unspecified atom stereocenters. The number of hydrogen-bond acceptors (Lipinski definition) is 2. The van der Waals surface area contributed by atoms with Crippen LogP contribution in [0.1, 0.15) is 24.5 Å². The minimum Gasteiger partial charge on any atom is -0.313 e. The molecule has 0 atom stereocenters. The third-order valence-electron chi connectivity index (χ3n) is 2.79. The van der Waals surface area contributed by atoms with Gasteiger partial charge >= 0.3 is 0 Å². The van der Waals surface area contributed by atoms with Crippen molar-refractivity contribution in [3.63, 3.8) is 0 Å². The highest BCUT2D eigenvalue weighted by atomic mass is 35.5. The van der Waals surface area contributed by atoms with Gasteiger partial charge in [0.05, 0.1) is 12.7 Å². The smallest absolute Gasteiger partial charge is 0.124 e. The van der Waals surface area contributed by atoms with Gasteiger partial charge in [-0.3, -0.25) is 4.68 Å². The van der Waals surface area contributed by atoms with Crippen molar-refractivity contribution in [3.8, 4) is 0 Å². The van der Waals surface area contributed by atoms with Crippen molar-refractivity contribution in [1.82, 2.24) is 15.1 Å². The molecule has 0 saturated heterocycles. The molecule has 1 aromatic carbocycles. The Balaban J connectivity index is 1.99. The maximum atomic E-state index is 12.9. The lowest BCUT2D eigenvalue weighted by molar-refractivity contribution is 0.624. The van der Waals surface area contributed by atoms with Gasteiger partial charge in [-0.15, -0.1) is 0 Å². The second-order valence-corrected chi connectivity index (χ2v) is 4.87. The van der Waals surface area contributed by atoms with Crippen molar-refractivity contribution in [3.05, 3.63) is 52.6 Å². The Kier molecular flexibility index (Phi) is 4.93. The van der Waals surface area contributed by atoms with Gasteiger partial charge in [-0.1, -0.05) is 24.6 Å². The van der Waals surface area contributed by atoms with Gasteiger partial charge in [0.15, 0.2) is 0 Å². The fourth-order valence-corrected chi connectivity index (χ4v) is 2.05. The van der Waals surface area contributed by atoms with Crippen molar-refractivity contribution in [1.29, 1.82) is 0 Å². The Morgan fingerprint density at radius 3 is 3.00 bits per heavy atom. The molecule has 2 aromatic rings. The van der Waals surface area contributed by atoms with Crippen molar-refractivity contribution in [2.24, 2.45) is 0 Å². The summed E-state index contributed by atoms with van der Waals surface area (Å²) < 4.78 is 14.8. The van der Waals surface area contributed by atoms with Crippen LogP contribution in [0.25, 0.3) is 0 Å². The van der Waals surface area contributed by atoms with E-state index in [0.717, 1.165) is 30.6 Å². The monoisotopic (exact) mass is 281 g/mol. The van der Waals surface area contributed by atoms with E-state index in [0.29, 0.717) is 11.6 Å². The summed E-state index contributed by atoms with van der Waals surface area (Å²) in [5.41, 5.74) is 1.99. The summed E-state index contributed by atoms with van der Waals surface area (Å²) >= 11 is 6.00. The van der Waals surface area contributed by atoms with Crippen molar-refractivity contribution >= 4 is 11.6 Å². The summed E-state index contributed by atoms with van der Waals surface area (Å²) in [7, 11) is 0. The largest absolute Gasteiger partial charge is 0.313 e. The molecule has 102 valence electrons. The second-order valence-electron chi connectivity index (χ2n) is 4.46. The van der Waals surface area contributed by atoms with Crippen LogP contribution in [0.2, 0.25) is 5.02 Å². The van der Waals surface area contributed by atoms with Crippen molar-refractivity contribution in [2.75, 3.05) is 6.54 Å². The third kappa shape index (κ3) is 4.04. The average molecular weight is 282 g/mol. The van der Waals surface area contributed by atoms with Gasteiger partial charge in [0.1, 0.15) is 5.82 Å². The molecular weight excluding hydrogens is 265 g/mol. The lowest BCUT2D eigenvalue weighted by atomic mass is 10.2. The molecule has 5 heteroatoms. The van der Waals surface area contributed by atoms with E-state index in [-0.39, 0.29) is 5.82 Å². The molecule has 0 amide bonds. The highest BCUT2D eigenvalue weighted by Gasteiger charge is 2.04. The molecule has 1 N–H and O–H groups in total. The highest BCUT2D eigenvalue weighted by Crippen LogP contribution is 2.18. The summed E-state index contributed by atoms with van der Waals surface area (Å²) in [6.45, 7) is 4.49. The summed E-state index contributed by atoms with van der Waals surface area (Å²) in [4.78, 5) is 0. The Bertz CT molecular complexity index is 539. The Labute approximate surface area is 117 Å². The number of nitrogens with one attached hydrogen (secondary N) is 1. The minimum atomic E-state index is -0.321. The van der Waals surface area contributed by atoms with E-state index in [1.54, 1.807) is 6.07 Å². The predicted molar refractivity (Wildman–Crippen MR) is 74.7 cm³/mol. The van der Waals surface area contributed by atoms with Crippen LogP contribution in [-0.4, -0.2) is 16.3 Å². The molecule has 0 aliphatic heterocycles. The number of halogens is 2. The molecule has 2 rings (SSSR count). The van der Waals surface area contributed by atoms with Gasteiger partial charge < -0.3 is 5.32 Å². The van der Waals surface area contributed by atoms with Gasteiger partial charge in [-0.25, -0.2) is 4.39 Å². The number of nitrogens with zero attached hydrogens (tertiary/aromatic N) is 2. The van der Waals surface area contributed by atoms with E-state index < -0.39 is 0 Å². The fourth-order valence-electron chi connectivity index (χ4n) is 1.82. The first-order valence-electron chi connectivity index (χ1n) is 6.35. The molecule has 0 bridgehead atoms. The normalized spacial score (nSPS) is 10.9.